The summed E-state index contributed by atoms with van der Waals surface area (Å²) in [6.45, 7) is 6.12. The summed E-state index contributed by atoms with van der Waals surface area (Å²) in [6, 6.07) is 28.4. The van der Waals surface area contributed by atoms with E-state index in [4.69, 9.17) is 4.74 Å². The van der Waals surface area contributed by atoms with Gasteiger partial charge in [0, 0.05) is 18.2 Å². The molecule has 3 nitrogen and oxygen atoms in total. The lowest BCUT2D eigenvalue weighted by atomic mass is 9.72. The molecule has 0 saturated carbocycles. The zero-order valence-corrected chi connectivity index (χ0v) is 17.3. The van der Waals surface area contributed by atoms with Gasteiger partial charge in [-0.15, -0.1) is 0 Å². The van der Waals surface area contributed by atoms with Gasteiger partial charge in [0.25, 0.3) is 0 Å². The van der Waals surface area contributed by atoms with E-state index in [1.54, 1.807) is 7.11 Å². The normalized spacial score (nSPS) is 17.9. The Bertz CT molecular complexity index is 1040. The maximum Gasteiger partial charge on any atom is 0.238 e. The highest BCUT2D eigenvalue weighted by atomic mass is 16.5. The molecule has 0 radical (unpaired) electrons. The fraction of sp³-hybridized carbons (Fsp3) is 0.269. The van der Waals surface area contributed by atoms with Crippen LogP contribution in [0, 0.1) is 0 Å². The SMILES string of the molecule is COC[N+]1=CN(Cc2ccccc2)C(C)(C)C12c1ccccc1-c1ccccc12. The van der Waals surface area contributed by atoms with Crippen LogP contribution in [0.1, 0.15) is 30.5 Å². The van der Waals surface area contributed by atoms with Crippen LogP contribution in [0.25, 0.3) is 11.1 Å². The van der Waals surface area contributed by atoms with Crippen molar-refractivity contribution in [2.24, 2.45) is 0 Å². The molecule has 0 unspecified atom stereocenters. The smallest absolute Gasteiger partial charge is 0.238 e. The van der Waals surface area contributed by atoms with Crippen molar-refractivity contribution in [3.8, 4) is 11.1 Å². The first-order chi connectivity index (χ1) is 14.1. The predicted molar refractivity (Wildman–Crippen MR) is 117 cm³/mol. The van der Waals surface area contributed by atoms with E-state index >= 15 is 0 Å². The molecule has 0 amide bonds. The third-order valence-corrected chi connectivity index (χ3v) is 6.70. The number of benzene rings is 3. The van der Waals surface area contributed by atoms with Crippen molar-refractivity contribution in [3.05, 3.63) is 95.6 Å². The molecule has 2 aliphatic rings. The van der Waals surface area contributed by atoms with E-state index < -0.39 is 0 Å². The van der Waals surface area contributed by atoms with Crippen molar-refractivity contribution < 1.29 is 9.31 Å². The first-order valence-corrected chi connectivity index (χ1v) is 10.2. The van der Waals surface area contributed by atoms with Crippen LogP contribution in [0.4, 0.5) is 0 Å². The van der Waals surface area contributed by atoms with E-state index in [1.807, 2.05) is 0 Å². The molecule has 1 aliphatic carbocycles. The van der Waals surface area contributed by atoms with Crippen molar-refractivity contribution in [1.82, 2.24) is 4.90 Å². The Morgan fingerprint density at radius 2 is 1.34 bits per heavy atom. The molecule has 0 atom stereocenters. The van der Waals surface area contributed by atoms with Gasteiger partial charge in [0.1, 0.15) is 6.54 Å². The molecular formula is C26H27N2O+. The molecule has 0 bridgehead atoms. The third kappa shape index (κ3) is 2.37. The van der Waals surface area contributed by atoms with Gasteiger partial charge in [-0.05, 0) is 30.5 Å². The van der Waals surface area contributed by atoms with Crippen LogP contribution >= 0.6 is 0 Å². The van der Waals surface area contributed by atoms with E-state index in [2.05, 4.69) is 109 Å². The van der Waals surface area contributed by atoms with Crippen LogP contribution in [0.2, 0.25) is 0 Å². The van der Waals surface area contributed by atoms with Gasteiger partial charge in [-0.1, -0.05) is 78.9 Å². The summed E-state index contributed by atoms with van der Waals surface area (Å²) < 4.78 is 8.09. The van der Waals surface area contributed by atoms with Gasteiger partial charge in [-0.3, -0.25) is 4.90 Å². The number of nitrogens with zero attached hydrogens (tertiary/aromatic N) is 2. The minimum absolute atomic E-state index is 0.177. The van der Waals surface area contributed by atoms with E-state index in [0.717, 1.165) is 6.54 Å². The molecule has 0 saturated heterocycles. The number of methoxy groups -OCH3 is 1. The predicted octanol–water partition coefficient (Wildman–Crippen LogP) is 4.85. The van der Waals surface area contributed by atoms with Gasteiger partial charge in [0.05, 0.1) is 0 Å². The first-order valence-electron chi connectivity index (χ1n) is 10.2. The zero-order valence-electron chi connectivity index (χ0n) is 17.3. The van der Waals surface area contributed by atoms with Gasteiger partial charge in [-0.25, -0.2) is 4.58 Å². The van der Waals surface area contributed by atoms with Crippen molar-refractivity contribution in [1.29, 1.82) is 0 Å². The Labute approximate surface area is 172 Å². The fourth-order valence-corrected chi connectivity index (χ4v) is 5.43. The first kappa shape index (κ1) is 18.1. The molecule has 146 valence electrons. The van der Waals surface area contributed by atoms with Crippen LogP contribution in [-0.4, -0.2) is 35.2 Å². The van der Waals surface area contributed by atoms with Gasteiger partial charge in [0.2, 0.25) is 11.9 Å². The summed E-state index contributed by atoms with van der Waals surface area (Å²) in [6.07, 6.45) is 2.27. The van der Waals surface area contributed by atoms with Gasteiger partial charge < -0.3 is 4.74 Å². The van der Waals surface area contributed by atoms with Gasteiger partial charge >= 0.3 is 0 Å². The second-order valence-electron chi connectivity index (χ2n) is 8.48. The molecule has 5 rings (SSSR count). The standard InChI is InChI=1S/C26H27N2O/c1-25(2)26(23-15-9-7-13-21(23)22-14-8-10-16-24(22)26)28(19-29-3)18-27(25)17-20-11-5-4-6-12-20/h4-16,18H,17,19H2,1-3H3/q+1. The van der Waals surface area contributed by atoms with Crippen molar-refractivity contribution in [3.63, 3.8) is 0 Å². The fourth-order valence-electron chi connectivity index (χ4n) is 5.43. The van der Waals surface area contributed by atoms with Crippen LogP contribution < -0.4 is 0 Å². The van der Waals surface area contributed by atoms with E-state index in [-0.39, 0.29) is 11.1 Å². The summed E-state index contributed by atoms with van der Waals surface area (Å²) >= 11 is 0. The highest BCUT2D eigenvalue weighted by molar-refractivity contribution is 5.82. The van der Waals surface area contributed by atoms with Crippen LogP contribution in [0.15, 0.2) is 78.9 Å². The second-order valence-corrected chi connectivity index (χ2v) is 8.48. The van der Waals surface area contributed by atoms with Gasteiger partial charge in [0.15, 0.2) is 12.3 Å². The molecule has 0 fully saturated rings. The summed E-state index contributed by atoms with van der Waals surface area (Å²) in [5.74, 6) is 0. The molecule has 1 spiro atoms. The molecule has 3 heteroatoms. The zero-order chi connectivity index (χ0) is 20.1. The summed E-state index contributed by atoms with van der Waals surface area (Å²) in [7, 11) is 1.78. The lowest BCUT2D eigenvalue weighted by Gasteiger charge is -2.40. The molecule has 29 heavy (non-hydrogen) atoms. The molecule has 1 heterocycles. The molecule has 3 aromatic carbocycles. The monoisotopic (exact) mass is 383 g/mol. The number of hydrogen-bond acceptors (Lipinski definition) is 2. The Morgan fingerprint density at radius 1 is 0.793 bits per heavy atom. The van der Waals surface area contributed by atoms with E-state index in [0.29, 0.717) is 6.73 Å². The molecular weight excluding hydrogens is 356 g/mol. The van der Waals surface area contributed by atoms with E-state index in [1.165, 1.54) is 27.8 Å². The third-order valence-electron chi connectivity index (χ3n) is 6.70. The van der Waals surface area contributed by atoms with Crippen LogP contribution in [-0.2, 0) is 16.8 Å². The largest absolute Gasteiger partial charge is 0.345 e. The summed E-state index contributed by atoms with van der Waals surface area (Å²) in [4.78, 5) is 2.47. The topological polar surface area (TPSA) is 15.5 Å². The lowest BCUT2D eigenvalue weighted by Crippen LogP contribution is -2.56. The molecule has 1 aliphatic heterocycles. The highest BCUT2D eigenvalue weighted by Crippen LogP contribution is 2.57. The highest BCUT2D eigenvalue weighted by Gasteiger charge is 2.66. The number of hydrogen-bond donors (Lipinski definition) is 0. The molecule has 3 aromatic rings. The van der Waals surface area contributed by atoms with Crippen molar-refractivity contribution in [2.75, 3.05) is 13.8 Å². The Morgan fingerprint density at radius 3 is 1.93 bits per heavy atom. The minimum Gasteiger partial charge on any atom is -0.345 e. The summed E-state index contributed by atoms with van der Waals surface area (Å²) in [5.41, 5.74) is 6.20. The second kappa shape index (κ2) is 6.57. The molecule has 0 aromatic heterocycles. The lowest BCUT2D eigenvalue weighted by molar-refractivity contribution is -0.632. The average Bonchev–Trinajstić information content (AvgIpc) is 3.16. The number of rotatable bonds is 4. The average molecular weight is 384 g/mol. The van der Waals surface area contributed by atoms with Crippen molar-refractivity contribution >= 4 is 6.34 Å². The minimum atomic E-state index is -0.301. The van der Waals surface area contributed by atoms with Crippen molar-refractivity contribution in [2.45, 2.75) is 31.5 Å². The Kier molecular flexibility index (Phi) is 4.11. The number of ether oxygens (including phenoxy) is 1. The van der Waals surface area contributed by atoms with Crippen LogP contribution in [0.5, 0.6) is 0 Å². The maximum atomic E-state index is 5.70. The van der Waals surface area contributed by atoms with Crippen LogP contribution in [0.3, 0.4) is 0 Å². The van der Waals surface area contributed by atoms with Gasteiger partial charge in [-0.2, -0.15) is 0 Å². The maximum absolute atomic E-state index is 5.70. The quantitative estimate of drug-likeness (QED) is 0.599. The van der Waals surface area contributed by atoms with E-state index in [9.17, 15) is 0 Å². The Balaban J connectivity index is 1.74. The molecule has 0 N–H and O–H groups in total. The Hall–Kier alpha value is -2.91. The number of fused-ring (bicyclic) bond motifs is 5. The summed E-state index contributed by atoms with van der Waals surface area (Å²) in [5, 5.41) is 0.